The maximum atomic E-state index is 12.7. The Morgan fingerprint density at radius 1 is 0.500 bits per heavy atom. The van der Waals surface area contributed by atoms with Gasteiger partial charge in [-0.15, -0.1) is 0 Å². The van der Waals surface area contributed by atoms with Crippen LogP contribution in [0.2, 0.25) is 0 Å². The van der Waals surface area contributed by atoms with E-state index in [4.69, 9.17) is 24.8 Å². The fourth-order valence-corrected chi connectivity index (χ4v) is 7.90. The minimum absolute atomic E-state index is 0.167. The minimum atomic E-state index is -4.71. The number of nitrogens with two attached hydrogens (primary N) is 1. The fourth-order valence-electron chi connectivity index (χ4n) is 7.12. The zero-order chi connectivity index (χ0) is 44.2. The molecule has 0 aliphatic carbocycles. The molecule has 0 spiro atoms. The van der Waals surface area contributed by atoms with Crippen LogP contribution in [0, 0.1) is 0 Å². The Morgan fingerprint density at radius 2 is 0.833 bits per heavy atom. The molecule has 354 valence electrons. The molecule has 0 saturated heterocycles. The van der Waals surface area contributed by atoms with Crippen LogP contribution in [0.15, 0.2) is 12.2 Å². The third-order valence-corrected chi connectivity index (χ3v) is 12.0. The minimum Gasteiger partial charge on any atom is -0.480 e. The van der Waals surface area contributed by atoms with Crippen LogP contribution in [0.5, 0.6) is 0 Å². The van der Waals surface area contributed by atoms with Crippen LogP contribution in [-0.4, -0.2) is 59.9 Å². The number of carboxylic acids is 1. The van der Waals surface area contributed by atoms with E-state index in [9.17, 15) is 23.8 Å². The Kier molecular flexibility index (Phi) is 42.6. The van der Waals surface area contributed by atoms with Gasteiger partial charge in [-0.1, -0.05) is 206 Å². The highest BCUT2D eigenvalue weighted by atomic mass is 31.2. The average Bonchev–Trinajstić information content (AvgIpc) is 3.22. The Hall–Kier alpha value is -1.78. The van der Waals surface area contributed by atoms with Gasteiger partial charge >= 0.3 is 25.7 Å². The highest BCUT2D eigenvalue weighted by Gasteiger charge is 2.28. The molecule has 0 aromatic carbocycles. The van der Waals surface area contributed by atoms with Crippen LogP contribution in [-0.2, 0) is 37.5 Å². The summed E-state index contributed by atoms with van der Waals surface area (Å²) in [4.78, 5) is 46.1. The third kappa shape index (κ3) is 42.9. The number of phosphoric acid groups is 1. The zero-order valence-corrected chi connectivity index (χ0v) is 39.5. The molecule has 0 aliphatic heterocycles. The number of unbranched alkanes of at least 4 members (excludes halogenated alkanes) is 31. The van der Waals surface area contributed by atoms with E-state index in [0.29, 0.717) is 12.8 Å². The summed E-state index contributed by atoms with van der Waals surface area (Å²) in [5, 5.41) is 8.91. The SMILES string of the molecule is CCCCCC/C=C\CCCCCCCCCC(=O)OC[C@H](COP(=O)(O)OC[C@H](N)C(=O)O)OC(=O)CCCCCCCCCCCCCCCCCCCCCCC. The molecule has 0 heterocycles. The van der Waals surface area contributed by atoms with E-state index in [1.807, 2.05) is 0 Å². The molecule has 0 saturated carbocycles. The smallest absolute Gasteiger partial charge is 0.472 e. The molecular formula is C48H92NO10P. The number of ether oxygens (including phenoxy) is 2. The van der Waals surface area contributed by atoms with Crippen molar-refractivity contribution >= 4 is 25.7 Å². The largest absolute Gasteiger partial charge is 0.480 e. The van der Waals surface area contributed by atoms with Crippen molar-refractivity contribution in [3.05, 3.63) is 12.2 Å². The zero-order valence-electron chi connectivity index (χ0n) is 38.6. The third-order valence-electron chi connectivity index (χ3n) is 11.0. The summed E-state index contributed by atoms with van der Waals surface area (Å²) in [6.45, 7) is 2.83. The fraction of sp³-hybridized carbons (Fsp3) is 0.896. The summed E-state index contributed by atoms with van der Waals surface area (Å²) in [7, 11) is -4.71. The molecule has 0 amide bonds. The van der Waals surface area contributed by atoms with Gasteiger partial charge in [0.25, 0.3) is 0 Å². The highest BCUT2D eigenvalue weighted by molar-refractivity contribution is 7.47. The molecule has 0 aliphatic rings. The van der Waals surface area contributed by atoms with Crippen molar-refractivity contribution in [2.24, 2.45) is 5.73 Å². The maximum absolute atomic E-state index is 12.7. The molecule has 0 aromatic heterocycles. The summed E-state index contributed by atoms with van der Waals surface area (Å²) in [5.74, 6) is -2.36. The maximum Gasteiger partial charge on any atom is 0.472 e. The molecule has 0 aromatic rings. The molecule has 0 bridgehead atoms. The van der Waals surface area contributed by atoms with Gasteiger partial charge in [0.1, 0.15) is 12.6 Å². The summed E-state index contributed by atoms with van der Waals surface area (Å²) >= 11 is 0. The number of allylic oxidation sites excluding steroid dienone is 2. The van der Waals surface area contributed by atoms with Crippen LogP contribution < -0.4 is 5.73 Å². The standard InChI is InChI=1S/C48H92NO10P/c1-3-5-7-9-11-13-15-17-19-20-21-22-23-24-26-28-30-32-34-36-38-40-47(51)59-44(42-57-60(54,55)58-43-45(49)48(52)53)41-56-46(50)39-37-35-33-31-29-27-25-18-16-14-12-10-8-6-4-2/h14,16,44-45H,3-13,15,17-43,49H2,1-2H3,(H,52,53)(H,54,55)/b16-14-/t44-,45+/m1/s1. The van der Waals surface area contributed by atoms with Gasteiger partial charge < -0.3 is 25.2 Å². The van der Waals surface area contributed by atoms with Gasteiger partial charge in [0.2, 0.25) is 0 Å². The van der Waals surface area contributed by atoms with E-state index in [0.717, 1.165) is 44.9 Å². The highest BCUT2D eigenvalue weighted by Crippen LogP contribution is 2.43. The summed E-state index contributed by atoms with van der Waals surface area (Å²) in [5.41, 5.74) is 5.35. The Morgan fingerprint density at radius 3 is 1.23 bits per heavy atom. The van der Waals surface area contributed by atoms with Crippen molar-refractivity contribution < 1.29 is 47.5 Å². The van der Waals surface area contributed by atoms with Gasteiger partial charge in [0.05, 0.1) is 13.2 Å². The topological polar surface area (TPSA) is 172 Å². The van der Waals surface area contributed by atoms with Crippen LogP contribution in [0.1, 0.15) is 245 Å². The summed E-state index contributed by atoms with van der Waals surface area (Å²) < 4.78 is 32.8. The van der Waals surface area contributed by atoms with Crippen LogP contribution in [0.25, 0.3) is 0 Å². The van der Waals surface area contributed by atoms with Crippen molar-refractivity contribution in [1.82, 2.24) is 0 Å². The average molecular weight is 874 g/mol. The van der Waals surface area contributed by atoms with Crippen LogP contribution >= 0.6 is 7.82 Å². The van der Waals surface area contributed by atoms with Gasteiger partial charge in [-0.3, -0.25) is 23.4 Å². The van der Waals surface area contributed by atoms with Gasteiger partial charge in [-0.25, -0.2) is 4.57 Å². The number of carboxylic acid groups (broad SMARTS) is 1. The predicted octanol–water partition coefficient (Wildman–Crippen LogP) is 13.6. The van der Waals surface area contributed by atoms with E-state index in [-0.39, 0.29) is 19.4 Å². The first kappa shape index (κ1) is 58.2. The second-order valence-corrected chi connectivity index (χ2v) is 18.4. The van der Waals surface area contributed by atoms with Crippen molar-refractivity contribution in [3.63, 3.8) is 0 Å². The van der Waals surface area contributed by atoms with Gasteiger partial charge in [0.15, 0.2) is 6.10 Å². The Balaban J connectivity index is 4.22. The monoisotopic (exact) mass is 874 g/mol. The van der Waals surface area contributed by atoms with E-state index in [1.54, 1.807) is 0 Å². The second kappa shape index (κ2) is 43.9. The molecule has 0 rings (SSSR count). The number of aliphatic carboxylic acids is 1. The Bertz CT molecular complexity index is 1070. The lowest BCUT2D eigenvalue weighted by molar-refractivity contribution is -0.161. The van der Waals surface area contributed by atoms with E-state index < -0.39 is 51.1 Å². The van der Waals surface area contributed by atoms with Crippen molar-refractivity contribution in [1.29, 1.82) is 0 Å². The van der Waals surface area contributed by atoms with E-state index in [2.05, 4.69) is 30.5 Å². The van der Waals surface area contributed by atoms with Gasteiger partial charge in [-0.05, 0) is 38.5 Å². The molecule has 3 atom stereocenters. The molecule has 11 nitrogen and oxygen atoms in total. The van der Waals surface area contributed by atoms with Crippen LogP contribution in [0.3, 0.4) is 0 Å². The normalized spacial score (nSPS) is 13.7. The van der Waals surface area contributed by atoms with E-state index in [1.165, 1.54) is 161 Å². The molecule has 0 radical (unpaired) electrons. The Labute approximate surface area is 367 Å². The molecular weight excluding hydrogens is 781 g/mol. The van der Waals surface area contributed by atoms with Gasteiger partial charge in [-0.2, -0.15) is 0 Å². The van der Waals surface area contributed by atoms with Gasteiger partial charge in [0, 0.05) is 12.8 Å². The van der Waals surface area contributed by atoms with Crippen molar-refractivity contribution in [2.75, 3.05) is 19.8 Å². The molecule has 0 fully saturated rings. The number of carbonyl (C=O) groups excluding carboxylic acids is 2. The molecule has 4 N–H and O–H groups in total. The first-order valence-corrected chi connectivity index (χ1v) is 26.2. The number of rotatable bonds is 47. The number of hydrogen-bond acceptors (Lipinski definition) is 9. The lowest BCUT2D eigenvalue weighted by Gasteiger charge is -2.20. The first-order chi connectivity index (χ1) is 29.1. The summed E-state index contributed by atoms with van der Waals surface area (Å²) in [6, 6.07) is -1.52. The molecule has 60 heavy (non-hydrogen) atoms. The molecule has 12 heteroatoms. The van der Waals surface area contributed by atoms with Crippen LogP contribution in [0.4, 0.5) is 0 Å². The predicted molar refractivity (Wildman–Crippen MR) is 245 cm³/mol. The van der Waals surface area contributed by atoms with Crippen molar-refractivity contribution in [3.8, 4) is 0 Å². The molecule has 1 unspecified atom stereocenters. The number of phosphoric ester groups is 1. The first-order valence-electron chi connectivity index (χ1n) is 24.7. The number of carbonyl (C=O) groups is 3. The quantitative estimate of drug-likeness (QED) is 0.0230. The van der Waals surface area contributed by atoms with E-state index >= 15 is 0 Å². The number of esters is 2. The van der Waals surface area contributed by atoms with Crippen molar-refractivity contribution in [2.45, 2.75) is 257 Å². The lowest BCUT2D eigenvalue weighted by Crippen LogP contribution is -2.34. The second-order valence-electron chi connectivity index (χ2n) is 17.0. The summed E-state index contributed by atoms with van der Waals surface area (Å²) in [6.07, 6.45) is 45.6. The lowest BCUT2D eigenvalue weighted by atomic mass is 10.0. The number of hydrogen-bond donors (Lipinski definition) is 3.